The molecule has 0 atom stereocenters. The molecule has 23 heavy (non-hydrogen) atoms. The Kier molecular flexibility index (Phi) is 6.54. The highest BCUT2D eigenvalue weighted by Gasteiger charge is 2.09. The average Bonchev–Trinajstić information content (AvgIpc) is 3.01. The van der Waals surface area contributed by atoms with Crippen molar-refractivity contribution in [2.75, 3.05) is 24.7 Å². The van der Waals surface area contributed by atoms with E-state index < -0.39 is 0 Å². The molecule has 2 rings (SSSR count). The average molecular weight is 350 g/mol. The van der Waals surface area contributed by atoms with Gasteiger partial charge >= 0.3 is 0 Å². The van der Waals surface area contributed by atoms with Crippen LogP contribution in [-0.2, 0) is 11.2 Å². The van der Waals surface area contributed by atoms with Crippen LogP contribution in [0.25, 0.3) is 0 Å². The van der Waals surface area contributed by atoms with E-state index in [9.17, 15) is 9.59 Å². The molecule has 0 fully saturated rings. The molecule has 0 aliphatic rings. The maximum Gasteiger partial charge on any atom is 0.216 e. The normalized spacial score (nSPS) is 10.3. The molecular weight excluding hydrogens is 332 g/mol. The van der Waals surface area contributed by atoms with Gasteiger partial charge in [0.25, 0.3) is 0 Å². The van der Waals surface area contributed by atoms with Crippen LogP contribution in [0.4, 0.5) is 5.13 Å². The summed E-state index contributed by atoms with van der Waals surface area (Å²) in [4.78, 5) is 23.0. The number of aromatic nitrogens is 2. The molecule has 6 nitrogen and oxygen atoms in total. The molecule has 0 saturated carbocycles. The Balaban J connectivity index is 1.83. The first-order valence-electron chi connectivity index (χ1n) is 7.09. The molecule has 122 valence electrons. The number of nitrogens with zero attached hydrogens (tertiary/aromatic N) is 2. The lowest BCUT2D eigenvalue weighted by Gasteiger charge is -2.04. The fourth-order valence-electron chi connectivity index (χ4n) is 1.82. The zero-order chi connectivity index (χ0) is 16.7. The molecule has 1 aromatic carbocycles. The zero-order valence-electron chi connectivity index (χ0n) is 13.0. The van der Waals surface area contributed by atoms with Gasteiger partial charge in [0.15, 0.2) is 10.1 Å². The van der Waals surface area contributed by atoms with Crippen molar-refractivity contribution in [1.29, 1.82) is 0 Å². The van der Waals surface area contributed by atoms with Crippen molar-refractivity contribution >= 4 is 39.9 Å². The largest absolute Gasteiger partial charge is 0.363 e. The first-order chi connectivity index (χ1) is 11.1. The summed E-state index contributed by atoms with van der Waals surface area (Å²) in [5.41, 5.74) is 1.77. The fraction of sp³-hybridized carbons (Fsp3) is 0.333. The Morgan fingerprint density at radius 2 is 1.96 bits per heavy atom. The highest BCUT2D eigenvalue weighted by atomic mass is 32.2. The standard InChI is InChI=1S/C15H18N4O2S2/c1-10(20)17-8-7-11-3-5-12(6-4-11)13(21)9-22-15-19-18-14(16-2)23-15/h3-6H,7-9H2,1-2H3,(H,16,18)(H,17,20). The van der Waals surface area contributed by atoms with Crippen molar-refractivity contribution in [3.8, 4) is 0 Å². The molecule has 0 radical (unpaired) electrons. The number of hydrogen-bond donors (Lipinski definition) is 2. The van der Waals surface area contributed by atoms with Crippen LogP contribution in [0.5, 0.6) is 0 Å². The molecule has 2 aromatic rings. The molecule has 0 spiro atoms. The lowest BCUT2D eigenvalue weighted by molar-refractivity contribution is -0.118. The zero-order valence-corrected chi connectivity index (χ0v) is 14.6. The molecular formula is C15H18N4O2S2. The summed E-state index contributed by atoms with van der Waals surface area (Å²) in [6, 6.07) is 7.49. The third kappa shape index (κ3) is 5.65. The van der Waals surface area contributed by atoms with E-state index in [0.29, 0.717) is 17.9 Å². The van der Waals surface area contributed by atoms with Crippen LogP contribution in [-0.4, -0.2) is 41.2 Å². The molecule has 8 heteroatoms. The molecule has 0 aliphatic heterocycles. The topological polar surface area (TPSA) is 84.0 Å². The molecule has 0 bridgehead atoms. The van der Waals surface area contributed by atoms with Crippen LogP contribution < -0.4 is 10.6 Å². The van der Waals surface area contributed by atoms with Gasteiger partial charge in [-0.1, -0.05) is 47.4 Å². The lowest BCUT2D eigenvalue weighted by atomic mass is 10.1. The number of carbonyl (C=O) groups is 2. The summed E-state index contributed by atoms with van der Waals surface area (Å²) >= 11 is 2.82. The van der Waals surface area contributed by atoms with Gasteiger partial charge in [0, 0.05) is 26.1 Å². The van der Waals surface area contributed by atoms with E-state index in [1.54, 1.807) is 7.05 Å². The minimum atomic E-state index is -0.0353. The van der Waals surface area contributed by atoms with Gasteiger partial charge in [0.2, 0.25) is 11.0 Å². The summed E-state index contributed by atoms with van der Waals surface area (Å²) in [5, 5.41) is 14.3. The maximum absolute atomic E-state index is 12.2. The molecule has 0 unspecified atom stereocenters. The minimum Gasteiger partial charge on any atom is -0.363 e. The summed E-state index contributed by atoms with van der Waals surface area (Å²) in [6.45, 7) is 2.10. The van der Waals surface area contributed by atoms with Gasteiger partial charge in [-0.25, -0.2) is 0 Å². The van der Waals surface area contributed by atoms with Gasteiger partial charge in [-0.05, 0) is 12.0 Å². The van der Waals surface area contributed by atoms with Crippen molar-refractivity contribution in [2.45, 2.75) is 17.7 Å². The van der Waals surface area contributed by atoms with E-state index in [0.717, 1.165) is 21.5 Å². The summed E-state index contributed by atoms with van der Waals surface area (Å²) < 4.78 is 0.773. The minimum absolute atomic E-state index is 0.0353. The van der Waals surface area contributed by atoms with Crippen molar-refractivity contribution in [3.63, 3.8) is 0 Å². The van der Waals surface area contributed by atoms with Crippen molar-refractivity contribution in [2.24, 2.45) is 0 Å². The van der Waals surface area contributed by atoms with Gasteiger partial charge < -0.3 is 10.6 Å². The molecule has 1 amide bonds. The molecule has 2 N–H and O–H groups in total. The van der Waals surface area contributed by atoms with Crippen LogP contribution in [0.1, 0.15) is 22.8 Å². The van der Waals surface area contributed by atoms with Gasteiger partial charge in [-0.15, -0.1) is 10.2 Å². The van der Waals surface area contributed by atoms with Gasteiger partial charge in [-0.2, -0.15) is 0 Å². The van der Waals surface area contributed by atoms with Crippen LogP contribution in [0.3, 0.4) is 0 Å². The Labute approximate surface area is 143 Å². The number of amides is 1. The fourth-order valence-corrected chi connectivity index (χ4v) is 3.42. The number of Topliss-reactive ketones (excluding diaryl/α,β-unsaturated/α-hetero) is 1. The van der Waals surface area contributed by atoms with E-state index in [1.165, 1.54) is 30.0 Å². The van der Waals surface area contributed by atoms with Crippen LogP contribution >= 0.6 is 23.1 Å². The number of carbonyl (C=O) groups excluding carboxylic acids is 2. The predicted octanol–water partition coefficient (Wildman–Crippen LogP) is 2.23. The number of thioether (sulfide) groups is 1. The second kappa shape index (κ2) is 8.64. The smallest absolute Gasteiger partial charge is 0.216 e. The maximum atomic E-state index is 12.2. The van der Waals surface area contributed by atoms with Crippen LogP contribution in [0.2, 0.25) is 0 Å². The second-order valence-corrected chi connectivity index (χ2v) is 6.96. The highest BCUT2D eigenvalue weighted by molar-refractivity contribution is 8.01. The Hall–Kier alpha value is -1.93. The number of ketones is 1. The predicted molar refractivity (Wildman–Crippen MR) is 93.3 cm³/mol. The lowest BCUT2D eigenvalue weighted by Crippen LogP contribution is -2.22. The van der Waals surface area contributed by atoms with Crippen molar-refractivity contribution < 1.29 is 9.59 Å². The van der Waals surface area contributed by atoms with E-state index in [1.807, 2.05) is 24.3 Å². The summed E-state index contributed by atoms with van der Waals surface area (Å²) in [5.74, 6) is 0.361. The van der Waals surface area contributed by atoms with Crippen LogP contribution in [0.15, 0.2) is 28.6 Å². The highest BCUT2D eigenvalue weighted by Crippen LogP contribution is 2.25. The molecule has 0 saturated heterocycles. The van der Waals surface area contributed by atoms with Crippen molar-refractivity contribution in [1.82, 2.24) is 15.5 Å². The molecule has 0 aliphatic carbocycles. The first kappa shape index (κ1) is 17.4. The SMILES string of the molecule is CNc1nnc(SCC(=O)c2ccc(CCNC(C)=O)cc2)s1. The summed E-state index contributed by atoms with van der Waals surface area (Å²) in [7, 11) is 1.79. The van der Waals surface area contributed by atoms with E-state index in [2.05, 4.69) is 20.8 Å². The molecule has 1 aromatic heterocycles. The molecule has 1 heterocycles. The van der Waals surface area contributed by atoms with Crippen molar-refractivity contribution in [3.05, 3.63) is 35.4 Å². The second-order valence-electron chi connectivity index (χ2n) is 4.76. The third-order valence-corrected chi connectivity index (χ3v) is 5.08. The van der Waals surface area contributed by atoms with E-state index >= 15 is 0 Å². The quantitative estimate of drug-likeness (QED) is 0.561. The van der Waals surface area contributed by atoms with Gasteiger partial charge in [0.05, 0.1) is 5.75 Å². The number of nitrogens with one attached hydrogen (secondary N) is 2. The van der Waals surface area contributed by atoms with E-state index in [-0.39, 0.29) is 11.7 Å². The number of rotatable bonds is 8. The van der Waals surface area contributed by atoms with Gasteiger partial charge in [-0.3, -0.25) is 9.59 Å². The van der Waals surface area contributed by atoms with E-state index in [4.69, 9.17) is 0 Å². The number of anilines is 1. The van der Waals surface area contributed by atoms with Gasteiger partial charge in [0.1, 0.15) is 0 Å². The first-order valence-corrected chi connectivity index (χ1v) is 8.89. The third-order valence-electron chi connectivity index (χ3n) is 3.01. The summed E-state index contributed by atoms with van der Waals surface area (Å²) in [6.07, 6.45) is 0.750. The Bertz CT molecular complexity index is 670. The number of benzene rings is 1. The Morgan fingerprint density at radius 1 is 1.22 bits per heavy atom. The number of hydrogen-bond acceptors (Lipinski definition) is 7. The van der Waals surface area contributed by atoms with Crippen LogP contribution in [0, 0.1) is 0 Å². The monoisotopic (exact) mass is 350 g/mol. The Morgan fingerprint density at radius 3 is 2.57 bits per heavy atom.